The maximum Gasteiger partial charge on any atom is 0.223 e. The lowest BCUT2D eigenvalue weighted by atomic mass is 10.1. The number of nitrogens with two attached hydrogens (primary N) is 1. The van der Waals surface area contributed by atoms with E-state index in [0.717, 1.165) is 22.5 Å². The quantitative estimate of drug-likeness (QED) is 0.571. The second-order valence-electron chi connectivity index (χ2n) is 5.64. The van der Waals surface area contributed by atoms with Crippen LogP contribution in [-0.4, -0.2) is 27.3 Å². The Bertz CT molecular complexity index is 819. The van der Waals surface area contributed by atoms with Crippen molar-refractivity contribution in [3.63, 3.8) is 0 Å². The Kier molecular flexibility index (Phi) is 6.28. The van der Waals surface area contributed by atoms with E-state index < -0.39 is 5.91 Å². The van der Waals surface area contributed by atoms with Gasteiger partial charge < -0.3 is 15.4 Å². The summed E-state index contributed by atoms with van der Waals surface area (Å²) in [6, 6.07) is 6.98. The van der Waals surface area contributed by atoms with Gasteiger partial charge in [-0.25, -0.2) is 4.98 Å². The van der Waals surface area contributed by atoms with Gasteiger partial charge in [-0.1, -0.05) is 24.3 Å². The minimum Gasteiger partial charge on any atom is -0.508 e. The van der Waals surface area contributed by atoms with E-state index in [1.165, 1.54) is 0 Å². The molecule has 1 amide bonds. The first-order chi connectivity index (χ1) is 12.0. The molecule has 0 aliphatic heterocycles. The second kappa shape index (κ2) is 8.63. The fraction of sp³-hybridized carbons (Fsp3) is 0.211. The first-order valence-corrected chi connectivity index (χ1v) is 7.90. The van der Waals surface area contributed by atoms with Crippen LogP contribution in [0.2, 0.25) is 0 Å². The zero-order valence-electron chi connectivity index (χ0n) is 14.2. The van der Waals surface area contributed by atoms with Gasteiger partial charge in [0.15, 0.2) is 0 Å². The van der Waals surface area contributed by atoms with E-state index in [-0.39, 0.29) is 12.2 Å². The Labute approximate surface area is 147 Å². The number of phenols is 1. The van der Waals surface area contributed by atoms with Crippen LogP contribution in [0, 0.1) is 0 Å². The molecule has 0 fully saturated rings. The molecule has 0 aliphatic carbocycles. The molecule has 1 heterocycles. The smallest absolute Gasteiger partial charge is 0.223 e. The number of hydrogen-bond acceptors (Lipinski definition) is 4. The Hall–Kier alpha value is -3.15. The lowest BCUT2D eigenvalue weighted by Gasteiger charge is -2.10. The van der Waals surface area contributed by atoms with Crippen LogP contribution in [0.4, 0.5) is 0 Å². The zero-order chi connectivity index (χ0) is 18.2. The van der Waals surface area contributed by atoms with Gasteiger partial charge in [0.2, 0.25) is 5.91 Å². The highest BCUT2D eigenvalue weighted by atomic mass is 16.3. The summed E-state index contributed by atoms with van der Waals surface area (Å²) in [5.74, 6) is -0.220. The highest BCUT2D eigenvalue weighted by Gasteiger charge is 2.14. The summed E-state index contributed by atoms with van der Waals surface area (Å²) in [6.45, 7) is 5.89. The van der Waals surface area contributed by atoms with Gasteiger partial charge >= 0.3 is 0 Å². The number of aromatic hydroxyl groups is 1. The van der Waals surface area contributed by atoms with E-state index in [9.17, 15) is 9.90 Å². The van der Waals surface area contributed by atoms with Crippen LogP contribution in [0.15, 0.2) is 59.5 Å². The molecule has 0 atom stereocenters. The van der Waals surface area contributed by atoms with E-state index >= 15 is 0 Å². The van der Waals surface area contributed by atoms with Crippen molar-refractivity contribution in [2.24, 2.45) is 10.7 Å². The Morgan fingerprint density at radius 2 is 2.24 bits per heavy atom. The van der Waals surface area contributed by atoms with Crippen LogP contribution in [0.25, 0.3) is 0 Å². The Morgan fingerprint density at radius 3 is 2.88 bits per heavy atom. The van der Waals surface area contributed by atoms with Gasteiger partial charge in [-0.2, -0.15) is 0 Å². The first-order valence-electron chi connectivity index (χ1n) is 7.90. The fourth-order valence-corrected chi connectivity index (χ4v) is 2.63. The third-order valence-corrected chi connectivity index (χ3v) is 3.65. The molecule has 3 N–H and O–H groups in total. The molecule has 2 rings (SSSR count). The number of phenolic OH excluding ortho intramolecular Hbond substituents is 1. The lowest BCUT2D eigenvalue weighted by Crippen LogP contribution is -2.18. The average molecular weight is 338 g/mol. The molecule has 6 heteroatoms. The van der Waals surface area contributed by atoms with E-state index in [0.29, 0.717) is 13.0 Å². The van der Waals surface area contributed by atoms with Crippen molar-refractivity contribution >= 4 is 12.6 Å². The number of carbonyl (C=O) groups is 1. The molecule has 1 aromatic heterocycles. The van der Waals surface area contributed by atoms with E-state index in [4.69, 9.17) is 5.73 Å². The van der Waals surface area contributed by atoms with Crippen LogP contribution < -0.4 is 5.73 Å². The molecule has 6 nitrogen and oxygen atoms in total. The molecule has 0 spiro atoms. The van der Waals surface area contributed by atoms with E-state index in [2.05, 4.69) is 16.7 Å². The van der Waals surface area contributed by atoms with Crippen LogP contribution in [0.5, 0.6) is 5.75 Å². The van der Waals surface area contributed by atoms with Gasteiger partial charge in [0.05, 0.1) is 24.1 Å². The highest BCUT2D eigenvalue weighted by Crippen LogP contribution is 2.18. The molecule has 2 aromatic rings. The highest BCUT2D eigenvalue weighted by molar-refractivity contribution is 5.76. The Morgan fingerprint density at radius 1 is 1.44 bits per heavy atom. The number of allylic oxidation sites excluding steroid dienone is 3. The van der Waals surface area contributed by atoms with Gasteiger partial charge in [-0.15, -0.1) is 0 Å². The summed E-state index contributed by atoms with van der Waals surface area (Å²) in [4.78, 5) is 19.8. The van der Waals surface area contributed by atoms with Crippen LogP contribution in [-0.2, 0) is 24.2 Å². The number of aliphatic imine (C=N–C) groups is 1. The number of nitrogens with zero attached hydrogens (tertiary/aromatic N) is 3. The summed E-state index contributed by atoms with van der Waals surface area (Å²) in [5.41, 5.74) is 8.78. The molecule has 0 saturated carbocycles. The van der Waals surface area contributed by atoms with Crippen molar-refractivity contribution in [3.8, 4) is 5.75 Å². The van der Waals surface area contributed by atoms with E-state index in [1.54, 1.807) is 30.7 Å². The van der Waals surface area contributed by atoms with E-state index in [1.807, 2.05) is 29.7 Å². The van der Waals surface area contributed by atoms with Crippen molar-refractivity contribution in [2.75, 3.05) is 0 Å². The van der Waals surface area contributed by atoms with Crippen LogP contribution in [0.3, 0.4) is 0 Å². The SMILES string of the molecule is C=N/C=C(\C=C/C)Cc1ncn(Cc2cccc(O)c2)c1CC(N)=O. The zero-order valence-corrected chi connectivity index (χ0v) is 14.2. The summed E-state index contributed by atoms with van der Waals surface area (Å²) in [7, 11) is 0. The maximum absolute atomic E-state index is 11.5. The number of hydrogen-bond donors (Lipinski definition) is 2. The molecule has 1 aromatic carbocycles. The van der Waals surface area contributed by atoms with Gasteiger partial charge in [-0.05, 0) is 36.9 Å². The van der Waals surface area contributed by atoms with Gasteiger partial charge in [0, 0.05) is 19.2 Å². The molecule has 25 heavy (non-hydrogen) atoms. The number of rotatable bonds is 8. The van der Waals surface area contributed by atoms with Crippen molar-refractivity contribution in [2.45, 2.75) is 26.3 Å². The summed E-state index contributed by atoms with van der Waals surface area (Å²) >= 11 is 0. The molecule has 0 aliphatic rings. The molecule has 0 bridgehead atoms. The van der Waals surface area contributed by atoms with Crippen molar-refractivity contribution in [3.05, 3.63) is 71.5 Å². The topological polar surface area (TPSA) is 93.5 Å². The summed E-state index contributed by atoms with van der Waals surface area (Å²) in [6.07, 6.45) is 7.82. The number of benzene rings is 1. The first kappa shape index (κ1) is 18.2. The Balaban J connectivity index is 2.34. The standard InChI is InChI=1S/C19H22N4O2/c1-3-5-14(11-21-2)9-17-18(10-19(20)25)23(13-22-17)12-15-6-4-7-16(24)8-15/h3-8,11,13,24H,2,9-10,12H2,1H3,(H2,20,25)/b5-3-,14-11+. The molecular formula is C19H22N4O2. The van der Waals surface area contributed by atoms with Crippen molar-refractivity contribution in [1.82, 2.24) is 9.55 Å². The molecule has 0 unspecified atom stereocenters. The average Bonchev–Trinajstić information content (AvgIpc) is 2.89. The third kappa shape index (κ3) is 5.17. The minimum absolute atomic E-state index is 0.0960. The molecule has 0 radical (unpaired) electrons. The fourth-order valence-electron chi connectivity index (χ4n) is 2.63. The molecular weight excluding hydrogens is 316 g/mol. The van der Waals surface area contributed by atoms with Crippen molar-refractivity contribution in [1.29, 1.82) is 0 Å². The normalized spacial score (nSPS) is 11.8. The van der Waals surface area contributed by atoms with Gasteiger partial charge in [-0.3, -0.25) is 9.79 Å². The summed E-state index contributed by atoms with van der Waals surface area (Å²) in [5, 5.41) is 9.62. The minimum atomic E-state index is -0.419. The number of carbonyl (C=O) groups excluding carboxylic acids is 1. The predicted molar refractivity (Wildman–Crippen MR) is 98.5 cm³/mol. The van der Waals surface area contributed by atoms with Crippen molar-refractivity contribution < 1.29 is 9.90 Å². The van der Waals surface area contributed by atoms with Crippen LogP contribution in [0.1, 0.15) is 23.9 Å². The monoisotopic (exact) mass is 338 g/mol. The molecule has 0 saturated heterocycles. The number of aromatic nitrogens is 2. The maximum atomic E-state index is 11.5. The number of imidazole rings is 1. The number of amides is 1. The third-order valence-electron chi connectivity index (χ3n) is 3.65. The second-order valence-corrected chi connectivity index (χ2v) is 5.64. The predicted octanol–water partition coefficient (Wildman–Crippen LogP) is 2.37. The van der Waals surface area contributed by atoms with Gasteiger partial charge in [0.1, 0.15) is 5.75 Å². The van der Waals surface area contributed by atoms with Gasteiger partial charge in [0.25, 0.3) is 0 Å². The largest absolute Gasteiger partial charge is 0.508 e. The summed E-state index contributed by atoms with van der Waals surface area (Å²) < 4.78 is 1.88. The lowest BCUT2D eigenvalue weighted by molar-refractivity contribution is -0.117. The molecule has 130 valence electrons. The number of primary amides is 1. The van der Waals surface area contributed by atoms with Crippen LogP contribution >= 0.6 is 0 Å².